The monoisotopic (exact) mass is 1020 g/mol. The molecule has 396 valence electrons. The average molecular weight is 1020 g/mol. The zero-order chi connectivity index (χ0) is 52.9. The number of carbonyl (C=O) groups is 6. The summed E-state index contributed by atoms with van der Waals surface area (Å²) in [5.41, 5.74) is 5.27. The summed E-state index contributed by atoms with van der Waals surface area (Å²) in [5.74, 6) is -4.36. The predicted octanol–water partition coefficient (Wildman–Crippen LogP) is 11.6. The van der Waals surface area contributed by atoms with E-state index in [0.717, 1.165) is 103 Å². The molecule has 0 bridgehead atoms. The van der Waals surface area contributed by atoms with Gasteiger partial charge in [-0.05, 0) is 136 Å². The third-order valence-corrected chi connectivity index (χ3v) is 15.8. The molecule has 76 heavy (non-hydrogen) atoms. The number of nitrogens with one attached hydrogen (secondary N) is 4. The van der Waals surface area contributed by atoms with Crippen molar-refractivity contribution in [3.8, 4) is 0 Å². The Labute approximate surface area is 449 Å². The smallest absolute Gasteiger partial charge is 0.292 e. The Hall–Kier alpha value is -7.20. The van der Waals surface area contributed by atoms with Crippen molar-refractivity contribution in [3.05, 3.63) is 191 Å². The molecule has 2 saturated carbocycles. The fourth-order valence-corrected chi connectivity index (χ4v) is 11.6. The van der Waals surface area contributed by atoms with Gasteiger partial charge < -0.3 is 21.3 Å². The van der Waals surface area contributed by atoms with Gasteiger partial charge in [-0.3, -0.25) is 28.8 Å². The van der Waals surface area contributed by atoms with E-state index in [9.17, 15) is 28.8 Å². The maximum atomic E-state index is 14.2. The van der Waals surface area contributed by atoms with E-state index in [1.807, 2.05) is 72.8 Å². The Kier molecular flexibility index (Phi) is 20.7. The van der Waals surface area contributed by atoms with E-state index in [2.05, 4.69) is 69.8 Å². The highest BCUT2D eigenvalue weighted by Crippen LogP contribution is 2.29. The fraction of sp³-hybridized carbons (Fsp3) is 0.394. The number of amides is 4. The molecule has 0 saturated heterocycles. The van der Waals surface area contributed by atoms with Crippen LogP contribution >= 0.6 is 0 Å². The van der Waals surface area contributed by atoms with E-state index in [0.29, 0.717) is 36.5 Å². The highest BCUT2D eigenvalue weighted by molar-refractivity contribution is 6.47. The van der Waals surface area contributed by atoms with Gasteiger partial charge in [0.05, 0.1) is 11.8 Å². The molecule has 2 aliphatic rings. The van der Waals surface area contributed by atoms with E-state index < -0.39 is 47.3 Å². The number of Topliss-reactive ketones (excluding diaryl/α,β-unsaturated/α-hetero) is 2. The third-order valence-electron chi connectivity index (χ3n) is 15.8. The van der Waals surface area contributed by atoms with Gasteiger partial charge in [0.25, 0.3) is 23.4 Å². The minimum absolute atomic E-state index is 0.0306. The van der Waals surface area contributed by atoms with Gasteiger partial charge in [0.1, 0.15) is 0 Å². The molecule has 10 nitrogen and oxygen atoms in total. The van der Waals surface area contributed by atoms with Gasteiger partial charge in [0, 0.05) is 35.3 Å². The summed E-state index contributed by atoms with van der Waals surface area (Å²) in [6.07, 6.45) is 16.4. The minimum Gasteiger partial charge on any atom is -0.353 e. The highest BCUT2D eigenvalue weighted by Gasteiger charge is 2.36. The average Bonchev–Trinajstić information content (AvgIpc) is 3.45. The van der Waals surface area contributed by atoms with Crippen LogP contribution in [-0.4, -0.2) is 59.4 Å². The molecule has 4 N–H and O–H groups in total. The van der Waals surface area contributed by atoms with Crippen LogP contribution in [0.25, 0.3) is 10.8 Å². The van der Waals surface area contributed by atoms with Crippen molar-refractivity contribution in [1.82, 2.24) is 21.3 Å². The summed E-state index contributed by atoms with van der Waals surface area (Å²) >= 11 is 0. The van der Waals surface area contributed by atoms with Gasteiger partial charge in [-0.2, -0.15) is 0 Å². The summed E-state index contributed by atoms with van der Waals surface area (Å²) in [6, 6.07) is 50.1. The largest absolute Gasteiger partial charge is 0.353 e. The molecule has 6 aromatic carbocycles. The molecule has 4 atom stereocenters. The van der Waals surface area contributed by atoms with E-state index in [1.54, 1.807) is 36.4 Å². The summed E-state index contributed by atoms with van der Waals surface area (Å²) in [4.78, 5) is 84.6. The summed E-state index contributed by atoms with van der Waals surface area (Å²) < 4.78 is 0. The molecule has 0 radical (unpaired) electrons. The Balaban J connectivity index is 0.889. The maximum absolute atomic E-state index is 14.2. The van der Waals surface area contributed by atoms with Crippen LogP contribution < -0.4 is 21.3 Å². The van der Waals surface area contributed by atoms with Crippen molar-refractivity contribution in [2.45, 2.75) is 153 Å². The standard InChI is InChI=1S/C66H76N4O6/c71-61(65(75)69-59-45-15-13-39-57(59)63(73)67-51(35-17-31-47-23-5-1-6-24-47)36-18-32-48-25-7-2-8-26-48)55-43-21-42-54-53(55)41-22-44-56(54)62(72)66(76)70-60-46-16-14-40-58(60)64(74)68-52(37-19-33-49-27-9-3-10-28-49)38-20-34-50-29-11-4-12-30-50/h1-12,21-30,41-44,51-52,57-60H,13-20,31-40,45-46H2,(H,67,73)(H,68,74)(H,69,75)(H,70,76)/t57-,58-,59?,60?/m1/s1. The van der Waals surface area contributed by atoms with Crippen LogP contribution in [0.4, 0.5) is 0 Å². The minimum atomic E-state index is -0.815. The molecule has 0 aliphatic heterocycles. The Morgan fingerprint density at radius 1 is 0.368 bits per heavy atom. The molecule has 10 heteroatoms. The first-order chi connectivity index (χ1) is 37.2. The predicted molar refractivity (Wildman–Crippen MR) is 302 cm³/mol. The van der Waals surface area contributed by atoms with Crippen LogP contribution in [-0.2, 0) is 44.9 Å². The van der Waals surface area contributed by atoms with Gasteiger partial charge in [-0.15, -0.1) is 0 Å². The first-order valence-electron chi connectivity index (χ1n) is 28.2. The van der Waals surface area contributed by atoms with Crippen molar-refractivity contribution < 1.29 is 28.8 Å². The second-order valence-corrected chi connectivity index (χ2v) is 21.2. The normalized spacial score (nSPS) is 17.4. The number of aryl methyl sites for hydroxylation is 4. The van der Waals surface area contributed by atoms with E-state index >= 15 is 0 Å². The number of hydrogen-bond acceptors (Lipinski definition) is 6. The molecular weight excluding hydrogens is 945 g/mol. The Bertz CT molecular complexity index is 2550. The van der Waals surface area contributed by atoms with Gasteiger partial charge in [0.2, 0.25) is 11.8 Å². The zero-order valence-corrected chi connectivity index (χ0v) is 44.1. The van der Waals surface area contributed by atoms with E-state index in [-0.39, 0.29) is 35.0 Å². The van der Waals surface area contributed by atoms with Crippen LogP contribution in [0.1, 0.15) is 146 Å². The summed E-state index contributed by atoms with van der Waals surface area (Å²) in [6.45, 7) is 0. The Morgan fingerprint density at radius 3 is 0.987 bits per heavy atom. The van der Waals surface area contributed by atoms with E-state index in [4.69, 9.17) is 0 Å². The summed E-state index contributed by atoms with van der Waals surface area (Å²) in [7, 11) is 0. The lowest BCUT2D eigenvalue weighted by molar-refractivity contribution is -0.129. The number of hydrogen-bond donors (Lipinski definition) is 4. The lowest BCUT2D eigenvalue weighted by Gasteiger charge is -2.32. The number of benzene rings is 6. The quantitative estimate of drug-likeness (QED) is 0.0314. The van der Waals surface area contributed by atoms with Crippen LogP contribution in [0.3, 0.4) is 0 Å². The lowest BCUT2D eigenvalue weighted by Crippen LogP contribution is -2.51. The van der Waals surface area contributed by atoms with Crippen LogP contribution in [0, 0.1) is 11.8 Å². The molecule has 4 amide bonds. The van der Waals surface area contributed by atoms with Gasteiger partial charge in [-0.1, -0.05) is 183 Å². The molecule has 2 unspecified atom stereocenters. The molecule has 0 spiro atoms. The van der Waals surface area contributed by atoms with Gasteiger partial charge in [-0.25, -0.2) is 0 Å². The van der Waals surface area contributed by atoms with E-state index in [1.165, 1.54) is 22.3 Å². The highest BCUT2D eigenvalue weighted by atomic mass is 16.2. The molecule has 8 rings (SSSR count). The molecule has 0 aromatic heterocycles. The zero-order valence-electron chi connectivity index (χ0n) is 44.1. The number of ketones is 2. The molecule has 6 aromatic rings. The molecule has 2 aliphatic carbocycles. The first kappa shape index (κ1) is 55.0. The Morgan fingerprint density at radius 2 is 0.671 bits per heavy atom. The van der Waals surface area contributed by atoms with Crippen LogP contribution in [0.5, 0.6) is 0 Å². The number of carbonyl (C=O) groups excluding carboxylic acids is 6. The molecular formula is C66H76N4O6. The van der Waals surface area contributed by atoms with Crippen molar-refractivity contribution in [2.75, 3.05) is 0 Å². The van der Waals surface area contributed by atoms with Crippen molar-refractivity contribution >= 4 is 46.0 Å². The van der Waals surface area contributed by atoms with Gasteiger partial charge in [0.15, 0.2) is 0 Å². The van der Waals surface area contributed by atoms with Crippen molar-refractivity contribution in [2.24, 2.45) is 11.8 Å². The first-order valence-corrected chi connectivity index (χ1v) is 28.2. The number of rotatable bonds is 26. The van der Waals surface area contributed by atoms with Crippen molar-refractivity contribution in [3.63, 3.8) is 0 Å². The second-order valence-electron chi connectivity index (χ2n) is 21.2. The fourth-order valence-electron chi connectivity index (χ4n) is 11.6. The number of fused-ring (bicyclic) bond motifs is 1. The maximum Gasteiger partial charge on any atom is 0.292 e. The summed E-state index contributed by atoms with van der Waals surface area (Å²) in [5, 5.41) is 13.4. The van der Waals surface area contributed by atoms with Crippen molar-refractivity contribution in [1.29, 1.82) is 0 Å². The van der Waals surface area contributed by atoms with Crippen LogP contribution in [0.2, 0.25) is 0 Å². The van der Waals surface area contributed by atoms with Crippen LogP contribution in [0.15, 0.2) is 158 Å². The SMILES string of the molecule is O=C(NC1CCCC[C@H]1C(=O)NC(CCCc1ccccc1)CCCc1ccccc1)C(=O)c1cccc2c(C(=O)C(=O)NC3CCCC[C@H]3C(=O)NC(CCCc3ccccc3)CCCc3ccccc3)cccc12. The lowest BCUT2D eigenvalue weighted by atomic mass is 9.83. The topological polar surface area (TPSA) is 151 Å². The molecule has 2 fully saturated rings. The second kappa shape index (κ2) is 28.6. The molecule has 0 heterocycles. The van der Waals surface area contributed by atoms with Gasteiger partial charge >= 0.3 is 0 Å². The third kappa shape index (κ3) is 15.9.